The summed E-state index contributed by atoms with van der Waals surface area (Å²) in [4.78, 5) is 0. The second-order valence-corrected chi connectivity index (χ2v) is 2.24. The standard InChI is InChI=1S/C7H17NO2/c1-3-4-10-6-7(5-9)8-2/h7-9H,3-6H2,1-2H3. The maximum atomic E-state index is 8.68. The van der Waals surface area contributed by atoms with Crippen LogP contribution in [0, 0.1) is 0 Å². The molecule has 3 nitrogen and oxygen atoms in total. The first-order chi connectivity index (χ1) is 4.85. The largest absolute Gasteiger partial charge is 0.395 e. The Morgan fingerprint density at radius 3 is 2.70 bits per heavy atom. The monoisotopic (exact) mass is 147 g/mol. The van der Waals surface area contributed by atoms with Gasteiger partial charge < -0.3 is 15.2 Å². The van der Waals surface area contributed by atoms with Gasteiger partial charge in [-0.05, 0) is 13.5 Å². The number of likely N-dealkylation sites (N-methyl/N-ethyl adjacent to an activating group) is 1. The van der Waals surface area contributed by atoms with Gasteiger partial charge in [-0.15, -0.1) is 0 Å². The lowest BCUT2D eigenvalue weighted by molar-refractivity contribution is 0.0919. The molecule has 3 heteroatoms. The lowest BCUT2D eigenvalue weighted by Gasteiger charge is -2.12. The van der Waals surface area contributed by atoms with Crippen LogP contribution in [0.2, 0.25) is 0 Å². The van der Waals surface area contributed by atoms with E-state index < -0.39 is 0 Å². The van der Waals surface area contributed by atoms with E-state index in [9.17, 15) is 0 Å². The molecule has 0 aromatic rings. The van der Waals surface area contributed by atoms with E-state index in [1.54, 1.807) is 0 Å². The molecule has 0 amide bonds. The minimum Gasteiger partial charge on any atom is -0.395 e. The number of aliphatic hydroxyl groups excluding tert-OH is 1. The zero-order valence-corrected chi connectivity index (χ0v) is 6.76. The SMILES string of the molecule is CCCOCC(CO)NC. The second kappa shape index (κ2) is 6.99. The number of rotatable bonds is 6. The molecule has 0 spiro atoms. The van der Waals surface area contributed by atoms with Gasteiger partial charge in [0.15, 0.2) is 0 Å². The summed E-state index contributed by atoms with van der Waals surface area (Å²) < 4.78 is 5.20. The molecule has 0 aliphatic heterocycles. The van der Waals surface area contributed by atoms with Crippen molar-refractivity contribution in [2.24, 2.45) is 0 Å². The van der Waals surface area contributed by atoms with Gasteiger partial charge in [-0.25, -0.2) is 0 Å². The number of hydrogen-bond donors (Lipinski definition) is 2. The smallest absolute Gasteiger partial charge is 0.0641 e. The van der Waals surface area contributed by atoms with Gasteiger partial charge in [-0.2, -0.15) is 0 Å². The molecule has 0 fully saturated rings. The van der Waals surface area contributed by atoms with Crippen LogP contribution in [0.15, 0.2) is 0 Å². The topological polar surface area (TPSA) is 41.5 Å². The highest BCUT2D eigenvalue weighted by Crippen LogP contribution is 1.85. The van der Waals surface area contributed by atoms with Crippen LogP contribution in [0.25, 0.3) is 0 Å². The third-order valence-electron chi connectivity index (χ3n) is 1.30. The fraction of sp³-hybridized carbons (Fsp3) is 1.00. The molecule has 1 unspecified atom stereocenters. The van der Waals surface area contributed by atoms with Gasteiger partial charge in [-0.1, -0.05) is 6.92 Å². The van der Waals surface area contributed by atoms with Gasteiger partial charge in [0.25, 0.3) is 0 Å². The summed E-state index contributed by atoms with van der Waals surface area (Å²) in [5.41, 5.74) is 0. The van der Waals surface area contributed by atoms with Crippen LogP contribution in [-0.4, -0.2) is 38.0 Å². The van der Waals surface area contributed by atoms with Crippen LogP contribution >= 0.6 is 0 Å². The van der Waals surface area contributed by atoms with Crippen molar-refractivity contribution in [3.63, 3.8) is 0 Å². The van der Waals surface area contributed by atoms with Gasteiger partial charge in [-0.3, -0.25) is 0 Å². The molecule has 0 saturated heterocycles. The van der Waals surface area contributed by atoms with Gasteiger partial charge in [0.05, 0.1) is 19.3 Å². The average Bonchev–Trinajstić information content (AvgIpc) is 1.99. The van der Waals surface area contributed by atoms with Crippen LogP contribution in [0.3, 0.4) is 0 Å². The summed E-state index contributed by atoms with van der Waals surface area (Å²) >= 11 is 0. The minimum atomic E-state index is 0.0894. The average molecular weight is 147 g/mol. The van der Waals surface area contributed by atoms with E-state index in [4.69, 9.17) is 9.84 Å². The highest BCUT2D eigenvalue weighted by atomic mass is 16.5. The first-order valence-corrected chi connectivity index (χ1v) is 3.71. The van der Waals surface area contributed by atoms with Crippen molar-refractivity contribution in [3.8, 4) is 0 Å². The van der Waals surface area contributed by atoms with E-state index in [0.29, 0.717) is 6.61 Å². The molecule has 0 radical (unpaired) electrons. The van der Waals surface area contributed by atoms with Gasteiger partial charge in [0, 0.05) is 6.61 Å². The number of ether oxygens (including phenoxy) is 1. The fourth-order valence-electron chi connectivity index (χ4n) is 0.597. The van der Waals surface area contributed by atoms with Crippen molar-refractivity contribution in [2.75, 3.05) is 26.9 Å². The lowest BCUT2D eigenvalue weighted by Crippen LogP contribution is -2.33. The molecule has 10 heavy (non-hydrogen) atoms. The molecular weight excluding hydrogens is 130 g/mol. The highest BCUT2D eigenvalue weighted by Gasteiger charge is 2.01. The zero-order chi connectivity index (χ0) is 7.82. The van der Waals surface area contributed by atoms with Crippen LogP contribution in [0.4, 0.5) is 0 Å². The first-order valence-electron chi connectivity index (χ1n) is 3.71. The molecule has 0 aliphatic rings. The van der Waals surface area contributed by atoms with Crippen molar-refractivity contribution in [1.29, 1.82) is 0 Å². The summed E-state index contributed by atoms with van der Waals surface area (Å²) in [7, 11) is 1.82. The third-order valence-corrected chi connectivity index (χ3v) is 1.30. The normalized spacial score (nSPS) is 13.5. The Balaban J connectivity index is 3.09. The van der Waals surface area contributed by atoms with Crippen molar-refractivity contribution in [1.82, 2.24) is 5.32 Å². The summed E-state index contributed by atoms with van der Waals surface area (Å²) in [6.07, 6.45) is 1.03. The van der Waals surface area contributed by atoms with Crippen molar-refractivity contribution in [3.05, 3.63) is 0 Å². The van der Waals surface area contributed by atoms with Crippen molar-refractivity contribution >= 4 is 0 Å². The molecule has 0 aliphatic carbocycles. The maximum absolute atomic E-state index is 8.68. The molecular formula is C7H17NO2. The maximum Gasteiger partial charge on any atom is 0.0641 e. The van der Waals surface area contributed by atoms with E-state index in [1.165, 1.54) is 0 Å². The van der Waals surface area contributed by atoms with Gasteiger partial charge in [0.2, 0.25) is 0 Å². The number of aliphatic hydroxyl groups is 1. The Hall–Kier alpha value is -0.120. The van der Waals surface area contributed by atoms with E-state index >= 15 is 0 Å². The molecule has 0 rings (SSSR count). The summed E-state index contributed by atoms with van der Waals surface area (Å²) in [6, 6.07) is 0.0894. The van der Waals surface area contributed by atoms with Gasteiger partial charge >= 0.3 is 0 Å². The Bertz CT molecular complexity index is 64.6. The molecule has 0 heterocycles. The van der Waals surface area contributed by atoms with Crippen molar-refractivity contribution < 1.29 is 9.84 Å². The molecule has 0 saturated carbocycles. The van der Waals surface area contributed by atoms with Gasteiger partial charge in [0.1, 0.15) is 0 Å². The van der Waals surface area contributed by atoms with Crippen LogP contribution in [0.1, 0.15) is 13.3 Å². The predicted molar refractivity (Wildman–Crippen MR) is 41.0 cm³/mol. The van der Waals surface area contributed by atoms with Crippen LogP contribution < -0.4 is 5.32 Å². The fourth-order valence-corrected chi connectivity index (χ4v) is 0.597. The molecule has 0 aromatic carbocycles. The molecule has 1 atom stereocenters. The van der Waals surface area contributed by atoms with E-state index in [0.717, 1.165) is 13.0 Å². The molecule has 2 N–H and O–H groups in total. The van der Waals surface area contributed by atoms with E-state index in [-0.39, 0.29) is 12.6 Å². The highest BCUT2D eigenvalue weighted by molar-refractivity contribution is 4.59. The number of hydrogen-bond acceptors (Lipinski definition) is 3. The van der Waals surface area contributed by atoms with Crippen molar-refractivity contribution in [2.45, 2.75) is 19.4 Å². The lowest BCUT2D eigenvalue weighted by atomic mass is 10.3. The predicted octanol–water partition coefficient (Wildman–Crippen LogP) is -0.00670. The minimum absolute atomic E-state index is 0.0894. The zero-order valence-electron chi connectivity index (χ0n) is 6.76. The van der Waals surface area contributed by atoms with E-state index in [1.807, 2.05) is 7.05 Å². The Kier molecular flexibility index (Phi) is 6.91. The van der Waals surface area contributed by atoms with E-state index in [2.05, 4.69) is 12.2 Å². The quantitative estimate of drug-likeness (QED) is 0.519. The summed E-state index contributed by atoms with van der Waals surface area (Å²) in [5.74, 6) is 0. The number of nitrogens with one attached hydrogen (secondary N) is 1. The third kappa shape index (κ3) is 4.73. The summed E-state index contributed by atoms with van der Waals surface area (Å²) in [5, 5.41) is 11.6. The molecule has 0 bridgehead atoms. The Morgan fingerprint density at radius 2 is 2.30 bits per heavy atom. The van der Waals surface area contributed by atoms with Crippen LogP contribution in [0.5, 0.6) is 0 Å². The molecule has 0 aromatic heterocycles. The Labute approximate surface area is 62.4 Å². The second-order valence-electron chi connectivity index (χ2n) is 2.24. The molecule has 62 valence electrons. The Morgan fingerprint density at radius 1 is 1.60 bits per heavy atom. The first kappa shape index (κ1) is 9.88. The summed E-state index contributed by atoms with van der Waals surface area (Å²) in [6.45, 7) is 3.58. The van der Waals surface area contributed by atoms with Crippen LogP contribution in [-0.2, 0) is 4.74 Å².